The van der Waals surface area contributed by atoms with Crippen LogP contribution in [0.3, 0.4) is 0 Å². The summed E-state index contributed by atoms with van der Waals surface area (Å²) in [6, 6.07) is 0. The van der Waals surface area contributed by atoms with E-state index in [1.54, 1.807) is 11.9 Å². The predicted molar refractivity (Wildman–Crippen MR) is 56.0 cm³/mol. The molecule has 0 amide bonds. The lowest BCUT2D eigenvalue weighted by atomic mass is 10.1. The second kappa shape index (κ2) is 5.04. The summed E-state index contributed by atoms with van der Waals surface area (Å²) >= 11 is 1.59. The Labute approximate surface area is 82.9 Å². The largest absolute Gasteiger partial charge is 0.294 e. The first-order valence-corrected chi connectivity index (χ1v) is 5.13. The first-order chi connectivity index (χ1) is 6.20. The van der Waals surface area contributed by atoms with E-state index < -0.39 is 0 Å². The number of nitrogens with two attached hydrogens (primary N) is 1. The summed E-state index contributed by atoms with van der Waals surface area (Å²) in [7, 11) is 0. The van der Waals surface area contributed by atoms with Crippen molar-refractivity contribution in [1.82, 2.24) is 0 Å². The topological polar surface area (TPSA) is 33.7 Å². The molecule has 0 unspecified atom stereocenters. The van der Waals surface area contributed by atoms with Crippen molar-refractivity contribution in [1.29, 1.82) is 0 Å². The maximum Gasteiger partial charge on any atom is 0.164 e. The SMILES string of the molecule is C=C1C=CC=C(C)C(=O)CC[NH2+]S1. The molecule has 3 heteroatoms. The van der Waals surface area contributed by atoms with Gasteiger partial charge in [0.2, 0.25) is 0 Å². The highest BCUT2D eigenvalue weighted by Crippen LogP contribution is 2.07. The molecule has 0 saturated carbocycles. The molecule has 0 radical (unpaired) electrons. The molecule has 1 aliphatic heterocycles. The molecule has 0 aromatic carbocycles. The second-order valence-corrected chi connectivity index (χ2v) is 4.01. The summed E-state index contributed by atoms with van der Waals surface area (Å²) < 4.78 is 2.03. The van der Waals surface area contributed by atoms with E-state index in [4.69, 9.17) is 0 Å². The predicted octanol–water partition coefficient (Wildman–Crippen LogP) is 1.19. The van der Waals surface area contributed by atoms with Gasteiger partial charge in [-0.2, -0.15) is 0 Å². The molecule has 0 spiro atoms. The van der Waals surface area contributed by atoms with Gasteiger partial charge >= 0.3 is 0 Å². The van der Waals surface area contributed by atoms with Gasteiger partial charge < -0.3 is 0 Å². The second-order valence-electron chi connectivity index (χ2n) is 2.92. The van der Waals surface area contributed by atoms with E-state index in [0.29, 0.717) is 6.42 Å². The maximum atomic E-state index is 11.4. The number of allylic oxidation sites excluding steroid dienone is 4. The Balaban J connectivity index is 2.74. The Morgan fingerprint density at radius 1 is 1.62 bits per heavy atom. The highest BCUT2D eigenvalue weighted by molar-refractivity contribution is 7.96. The lowest BCUT2D eigenvalue weighted by Gasteiger charge is -2.01. The van der Waals surface area contributed by atoms with E-state index in [1.165, 1.54) is 0 Å². The zero-order valence-electron chi connectivity index (χ0n) is 7.75. The molecule has 1 heterocycles. The van der Waals surface area contributed by atoms with Crippen molar-refractivity contribution < 1.29 is 9.52 Å². The van der Waals surface area contributed by atoms with Crippen molar-refractivity contribution in [2.75, 3.05) is 6.54 Å². The Bertz CT molecular complexity index is 279. The molecule has 1 rings (SSSR count). The number of ketones is 1. The van der Waals surface area contributed by atoms with E-state index in [9.17, 15) is 4.79 Å². The molecule has 2 N–H and O–H groups in total. The van der Waals surface area contributed by atoms with Gasteiger partial charge in [-0.1, -0.05) is 18.7 Å². The van der Waals surface area contributed by atoms with Crippen LogP contribution in [-0.4, -0.2) is 12.3 Å². The van der Waals surface area contributed by atoms with Crippen LogP contribution in [0.15, 0.2) is 35.3 Å². The number of hydrogen-bond acceptors (Lipinski definition) is 2. The maximum absolute atomic E-state index is 11.4. The van der Waals surface area contributed by atoms with Gasteiger partial charge in [-0.25, -0.2) is 0 Å². The standard InChI is InChI=1S/C10H13NOS/c1-8-4-3-5-9(2)13-11-7-6-10(8)12/h3-5,11H,2,6-7H2,1H3/p+1. The minimum Gasteiger partial charge on any atom is -0.294 e. The average molecular weight is 196 g/mol. The molecule has 2 nitrogen and oxygen atoms in total. The molecule has 0 atom stereocenters. The van der Waals surface area contributed by atoms with Crippen LogP contribution >= 0.6 is 11.9 Å². The molecule has 0 aromatic rings. The zero-order valence-corrected chi connectivity index (χ0v) is 8.56. The number of quaternary nitrogens is 1. The summed E-state index contributed by atoms with van der Waals surface area (Å²) in [5.41, 5.74) is 0.823. The van der Waals surface area contributed by atoms with Crippen molar-refractivity contribution >= 4 is 17.7 Å². The highest BCUT2D eigenvalue weighted by atomic mass is 32.2. The quantitative estimate of drug-likeness (QED) is 0.590. The summed E-state index contributed by atoms with van der Waals surface area (Å²) in [5, 5.41) is 0. The zero-order chi connectivity index (χ0) is 9.68. The number of carbonyl (C=O) groups excluding carboxylic acids is 1. The molecule has 0 fully saturated rings. The highest BCUT2D eigenvalue weighted by Gasteiger charge is 2.06. The number of Topliss-reactive ketones (excluding diaryl/α,β-unsaturated/α-hetero) is 1. The van der Waals surface area contributed by atoms with E-state index in [2.05, 4.69) is 6.58 Å². The summed E-state index contributed by atoms with van der Waals surface area (Å²) in [4.78, 5) is 12.4. The van der Waals surface area contributed by atoms with Crippen LogP contribution in [0.25, 0.3) is 0 Å². The van der Waals surface area contributed by atoms with Crippen LogP contribution < -0.4 is 4.72 Å². The lowest BCUT2D eigenvalue weighted by molar-refractivity contribution is -0.477. The van der Waals surface area contributed by atoms with Gasteiger partial charge in [0, 0.05) is 0 Å². The van der Waals surface area contributed by atoms with Crippen LogP contribution in [0.2, 0.25) is 0 Å². The molecule has 0 saturated heterocycles. The van der Waals surface area contributed by atoms with Gasteiger partial charge in [-0.3, -0.25) is 9.52 Å². The molecular formula is C10H14NOS+. The molecule has 0 aromatic heterocycles. The Kier molecular flexibility index (Phi) is 3.99. The van der Waals surface area contributed by atoms with Crippen LogP contribution in [0.5, 0.6) is 0 Å². The van der Waals surface area contributed by atoms with Crippen molar-refractivity contribution in [3.05, 3.63) is 35.3 Å². The smallest absolute Gasteiger partial charge is 0.164 e. The van der Waals surface area contributed by atoms with E-state index in [0.717, 1.165) is 17.0 Å². The fraction of sp³-hybridized carbons (Fsp3) is 0.300. The van der Waals surface area contributed by atoms with Crippen LogP contribution in [0, 0.1) is 0 Å². The number of rotatable bonds is 0. The molecule has 13 heavy (non-hydrogen) atoms. The van der Waals surface area contributed by atoms with E-state index >= 15 is 0 Å². The van der Waals surface area contributed by atoms with Crippen molar-refractivity contribution in [3.8, 4) is 0 Å². The lowest BCUT2D eigenvalue weighted by Crippen LogP contribution is -2.75. The molecule has 0 bridgehead atoms. The first kappa shape index (κ1) is 10.3. The molecular weight excluding hydrogens is 182 g/mol. The third-order valence-electron chi connectivity index (χ3n) is 1.79. The van der Waals surface area contributed by atoms with Gasteiger partial charge in [-0.15, -0.1) is 0 Å². The summed E-state index contributed by atoms with van der Waals surface area (Å²) in [5.74, 6) is 0.231. The third kappa shape index (κ3) is 3.61. The van der Waals surface area contributed by atoms with Crippen molar-refractivity contribution in [2.45, 2.75) is 13.3 Å². The van der Waals surface area contributed by atoms with Crippen molar-refractivity contribution in [3.63, 3.8) is 0 Å². The Morgan fingerprint density at radius 2 is 2.38 bits per heavy atom. The molecule has 0 aliphatic carbocycles. The van der Waals surface area contributed by atoms with Gasteiger partial charge in [0.1, 0.15) is 11.9 Å². The van der Waals surface area contributed by atoms with E-state index in [1.807, 2.05) is 29.9 Å². The van der Waals surface area contributed by atoms with Crippen LogP contribution in [-0.2, 0) is 4.79 Å². The minimum atomic E-state index is 0.231. The van der Waals surface area contributed by atoms with Gasteiger partial charge in [0.25, 0.3) is 0 Å². The molecule has 70 valence electrons. The average Bonchev–Trinajstić information content (AvgIpc) is 2.11. The van der Waals surface area contributed by atoms with E-state index in [-0.39, 0.29) is 5.78 Å². The molecule has 1 aliphatic rings. The Hall–Kier alpha value is -0.800. The summed E-state index contributed by atoms with van der Waals surface area (Å²) in [6.45, 7) is 6.54. The first-order valence-electron chi connectivity index (χ1n) is 4.25. The fourth-order valence-electron chi connectivity index (χ4n) is 0.985. The normalized spacial score (nSPS) is 19.9. The Morgan fingerprint density at radius 3 is 3.15 bits per heavy atom. The number of carbonyl (C=O) groups is 1. The monoisotopic (exact) mass is 196 g/mol. The van der Waals surface area contributed by atoms with Gasteiger partial charge in [0.15, 0.2) is 5.78 Å². The van der Waals surface area contributed by atoms with Crippen LogP contribution in [0.1, 0.15) is 13.3 Å². The third-order valence-corrected chi connectivity index (χ3v) is 2.63. The minimum absolute atomic E-state index is 0.231. The summed E-state index contributed by atoms with van der Waals surface area (Å²) in [6.07, 6.45) is 6.25. The van der Waals surface area contributed by atoms with Crippen molar-refractivity contribution in [2.24, 2.45) is 0 Å². The van der Waals surface area contributed by atoms with Gasteiger partial charge in [0.05, 0.1) is 17.9 Å². The fourth-order valence-corrected chi connectivity index (χ4v) is 1.59. The number of hydrogen-bond donors (Lipinski definition) is 1. The van der Waals surface area contributed by atoms with Gasteiger partial charge in [-0.05, 0) is 18.6 Å². The van der Waals surface area contributed by atoms with Crippen LogP contribution in [0.4, 0.5) is 0 Å².